The average molecular weight is 487 g/mol. The highest BCUT2D eigenvalue weighted by Crippen LogP contribution is 2.40. The fourth-order valence-corrected chi connectivity index (χ4v) is 6.25. The number of benzene rings is 2. The lowest BCUT2D eigenvalue weighted by Crippen LogP contribution is -2.15. The minimum atomic E-state index is -0.753. The molecule has 0 bridgehead atoms. The Hall–Kier alpha value is -2.10. The number of hydrogen-bond donors (Lipinski definition) is 0. The van der Waals surface area contributed by atoms with Gasteiger partial charge in [0, 0.05) is 5.56 Å². The Kier molecular flexibility index (Phi) is 8.73. The first-order valence-electron chi connectivity index (χ1n) is 13.6. The largest absolute Gasteiger partial charge is 0.203 e. The zero-order valence-corrected chi connectivity index (χ0v) is 21.1. The van der Waals surface area contributed by atoms with E-state index in [1.54, 1.807) is 30.3 Å². The van der Waals surface area contributed by atoms with Gasteiger partial charge in [-0.25, -0.2) is 17.6 Å². The Morgan fingerprint density at radius 1 is 0.686 bits per heavy atom. The molecule has 0 spiro atoms. The molecule has 0 unspecified atom stereocenters. The van der Waals surface area contributed by atoms with Crippen molar-refractivity contribution in [3.05, 3.63) is 75.9 Å². The molecule has 0 radical (unpaired) electrons. The lowest BCUT2D eigenvalue weighted by atomic mass is 9.77. The van der Waals surface area contributed by atoms with E-state index in [9.17, 15) is 17.6 Å². The van der Waals surface area contributed by atoms with Crippen LogP contribution in [0.5, 0.6) is 0 Å². The van der Waals surface area contributed by atoms with E-state index < -0.39 is 23.3 Å². The van der Waals surface area contributed by atoms with E-state index in [1.807, 2.05) is 13.0 Å². The average Bonchev–Trinajstić information content (AvgIpc) is 2.88. The van der Waals surface area contributed by atoms with Crippen LogP contribution >= 0.6 is 0 Å². The molecule has 0 atom stereocenters. The summed E-state index contributed by atoms with van der Waals surface area (Å²) in [6.07, 6.45) is 13.8. The van der Waals surface area contributed by atoms with E-state index in [0.29, 0.717) is 23.1 Å². The standard InChI is InChI=1S/C31H38F4/c1-3-5-20-6-11-23(12-7-20)27-19-17-25(29(33)31(27)35)15-10-21-8-13-24(14-9-21)26-18-16-22(4-2)28(32)30(26)34/h10,15-21,23-24H,3-9,11-14H2,1-2H3. The summed E-state index contributed by atoms with van der Waals surface area (Å²) in [6.45, 7) is 4.01. The van der Waals surface area contributed by atoms with Crippen LogP contribution in [-0.2, 0) is 6.42 Å². The molecule has 0 heterocycles. The van der Waals surface area contributed by atoms with Crippen LogP contribution in [-0.4, -0.2) is 0 Å². The fraction of sp³-hybridized carbons (Fsp3) is 0.548. The van der Waals surface area contributed by atoms with Gasteiger partial charge in [0.25, 0.3) is 0 Å². The van der Waals surface area contributed by atoms with Crippen LogP contribution < -0.4 is 0 Å². The van der Waals surface area contributed by atoms with Crippen molar-refractivity contribution in [2.24, 2.45) is 11.8 Å². The summed E-state index contributed by atoms with van der Waals surface area (Å²) in [4.78, 5) is 0. The van der Waals surface area contributed by atoms with Crippen LogP contribution in [0.15, 0.2) is 30.3 Å². The second-order valence-corrected chi connectivity index (χ2v) is 10.6. The predicted molar refractivity (Wildman–Crippen MR) is 135 cm³/mol. The van der Waals surface area contributed by atoms with Crippen molar-refractivity contribution in [1.29, 1.82) is 0 Å². The van der Waals surface area contributed by atoms with Crippen molar-refractivity contribution in [2.45, 2.75) is 96.3 Å². The maximum absolute atomic E-state index is 14.9. The number of hydrogen-bond acceptors (Lipinski definition) is 0. The number of aryl methyl sites for hydroxylation is 1. The van der Waals surface area contributed by atoms with E-state index in [-0.39, 0.29) is 23.3 Å². The van der Waals surface area contributed by atoms with Gasteiger partial charge in [0.15, 0.2) is 23.3 Å². The molecule has 0 amide bonds. The second-order valence-electron chi connectivity index (χ2n) is 10.6. The summed E-state index contributed by atoms with van der Waals surface area (Å²) in [6, 6.07) is 6.91. The van der Waals surface area contributed by atoms with E-state index in [0.717, 1.165) is 57.3 Å². The monoisotopic (exact) mass is 486 g/mol. The highest BCUT2D eigenvalue weighted by atomic mass is 19.2. The van der Waals surface area contributed by atoms with Crippen molar-refractivity contribution >= 4 is 6.08 Å². The van der Waals surface area contributed by atoms with Crippen molar-refractivity contribution in [1.82, 2.24) is 0 Å². The van der Waals surface area contributed by atoms with Gasteiger partial charge >= 0.3 is 0 Å². The Morgan fingerprint density at radius 2 is 1.26 bits per heavy atom. The Balaban J connectivity index is 1.36. The molecule has 2 fully saturated rings. The topological polar surface area (TPSA) is 0 Å². The van der Waals surface area contributed by atoms with Gasteiger partial charge in [-0.05, 0) is 98.1 Å². The number of allylic oxidation sites excluding steroid dienone is 1. The number of halogens is 4. The predicted octanol–water partition coefficient (Wildman–Crippen LogP) is 9.87. The Bertz CT molecular complexity index is 1020. The normalized spacial score (nSPS) is 25.3. The van der Waals surface area contributed by atoms with Crippen molar-refractivity contribution in [3.8, 4) is 0 Å². The molecule has 2 saturated carbocycles. The van der Waals surface area contributed by atoms with E-state index >= 15 is 0 Å². The lowest BCUT2D eigenvalue weighted by Gasteiger charge is -2.29. The Morgan fingerprint density at radius 3 is 1.86 bits per heavy atom. The summed E-state index contributed by atoms with van der Waals surface area (Å²) in [7, 11) is 0. The van der Waals surface area contributed by atoms with Gasteiger partial charge < -0.3 is 0 Å². The van der Waals surface area contributed by atoms with Gasteiger partial charge in [0.1, 0.15) is 0 Å². The molecule has 0 saturated heterocycles. The molecule has 4 rings (SSSR count). The molecule has 2 aromatic carbocycles. The molecule has 2 aromatic rings. The van der Waals surface area contributed by atoms with Gasteiger partial charge in [-0.1, -0.05) is 63.1 Å². The van der Waals surface area contributed by atoms with E-state index in [2.05, 4.69) is 6.92 Å². The first kappa shape index (κ1) is 26.0. The quantitative estimate of drug-likeness (QED) is 0.342. The van der Waals surface area contributed by atoms with Crippen LogP contribution in [0.25, 0.3) is 6.08 Å². The van der Waals surface area contributed by atoms with E-state index in [1.165, 1.54) is 12.8 Å². The third kappa shape index (κ3) is 5.84. The first-order valence-corrected chi connectivity index (χ1v) is 13.6. The van der Waals surface area contributed by atoms with E-state index in [4.69, 9.17) is 0 Å². The zero-order valence-electron chi connectivity index (χ0n) is 21.1. The highest BCUT2D eigenvalue weighted by molar-refractivity contribution is 5.52. The summed E-state index contributed by atoms with van der Waals surface area (Å²) < 4.78 is 58.6. The molecule has 35 heavy (non-hydrogen) atoms. The highest BCUT2D eigenvalue weighted by Gasteiger charge is 2.27. The summed E-state index contributed by atoms with van der Waals surface area (Å²) >= 11 is 0. The minimum absolute atomic E-state index is 0.000868. The molecule has 2 aliphatic rings. The zero-order chi connectivity index (χ0) is 24.9. The molecule has 0 aromatic heterocycles. The van der Waals surface area contributed by atoms with Crippen molar-refractivity contribution < 1.29 is 17.6 Å². The summed E-state index contributed by atoms with van der Waals surface area (Å²) in [5.41, 5.74) is 1.69. The van der Waals surface area contributed by atoms with Crippen LogP contribution in [0.4, 0.5) is 17.6 Å². The second kappa shape index (κ2) is 11.8. The third-order valence-corrected chi connectivity index (χ3v) is 8.46. The van der Waals surface area contributed by atoms with Crippen LogP contribution in [0.2, 0.25) is 0 Å². The summed E-state index contributed by atoms with van der Waals surface area (Å²) in [5, 5.41) is 0. The fourth-order valence-electron chi connectivity index (χ4n) is 6.25. The smallest absolute Gasteiger partial charge is 0.166 e. The molecule has 190 valence electrons. The van der Waals surface area contributed by atoms with Gasteiger partial charge in [0.05, 0.1) is 0 Å². The van der Waals surface area contributed by atoms with Gasteiger partial charge in [0.2, 0.25) is 0 Å². The van der Waals surface area contributed by atoms with Crippen molar-refractivity contribution in [3.63, 3.8) is 0 Å². The molecular formula is C31H38F4. The lowest BCUT2D eigenvalue weighted by molar-refractivity contribution is 0.303. The van der Waals surface area contributed by atoms with Gasteiger partial charge in [-0.3, -0.25) is 0 Å². The summed E-state index contributed by atoms with van der Waals surface area (Å²) in [5.74, 6) is -1.80. The first-order chi connectivity index (χ1) is 16.9. The molecule has 0 nitrogen and oxygen atoms in total. The molecule has 4 heteroatoms. The SMILES string of the molecule is CCCC1CCC(c2ccc(C=CC3CCC(c4ccc(CC)c(F)c4F)CC3)c(F)c2F)CC1. The Labute approximate surface area is 207 Å². The van der Waals surface area contributed by atoms with Crippen LogP contribution in [0.1, 0.15) is 112 Å². The minimum Gasteiger partial charge on any atom is -0.203 e. The molecule has 0 N–H and O–H groups in total. The van der Waals surface area contributed by atoms with Crippen molar-refractivity contribution in [2.75, 3.05) is 0 Å². The third-order valence-electron chi connectivity index (χ3n) is 8.46. The maximum atomic E-state index is 14.9. The molecule has 0 aliphatic heterocycles. The number of rotatable bonds is 7. The molecule has 2 aliphatic carbocycles. The van der Waals surface area contributed by atoms with Gasteiger partial charge in [-0.15, -0.1) is 0 Å². The maximum Gasteiger partial charge on any atom is 0.166 e. The van der Waals surface area contributed by atoms with Gasteiger partial charge in [-0.2, -0.15) is 0 Å². The molecular weight excluding hydrogens is 448 g/mol. The van der Waals surface area contributed by atoms with Crippen LogP contribution in [0, 0.1) is 35.1 Å². The van der Waals surface area contributed by atoms with Crippen LogP contribution in [0.3, 0.4) is 0 Å².